The zero-order chi connectivity index (χ0) is 19.7. The van der Waals surface area contributed by atoms with Crippen LogP contribution < -0.4 is 10.5 Å². The second-order valence-corrected chi connectivity index (χ2v) is 6.89. The van der Waals surface area contributed by atoms with Crippen molar-refractivity contribution >= 4 is 45.9 Å². The maximum atomic E-state index is 12.7. The second-order valence-electron chi connectivity index (χ2n) is 6.08. The molecule has 0 saturated heterocycles. The summed E-state index contributed by atoms with van der Waals surface area (Å²) in [5, 5.41) is 18.9. The number of halogens is 2. The van der Waals surface area contributed by atoms with Gasteiger partial charge in [-0.05, 0) is 24.6 Å². The maximum absolute atomic E-state index is 12.7. The van der Waals surface area contributed by atoms with Gasteiger partial charge in [0.15, 0.2) is 11.3 Å². The average Bonchev–Trinajstić information content (AvgIpc) is 3.34. The van der Waals surface area contributed by atoms with Gasteiger partial charge in [-0.25, -0.2) is 4.98 Å². The largest absolute Gasteiger partial charge is 0.315 e. The number of hydrogen-bond donors (Lipinski definition) is 2. The molecule has 0 saturated carbocycles. The Morgan fingerprint density at radius 2 is 2.11 bits per heavy atom. The number of aromatic nitrogens is 8. The van der Waals surface area contributed by atoms with Gasteiger partial charge in [0, 0.05) is 25.7 Å². The molecule has 4 rings (SSSR count). The Labute approximate surface area is 168 Å². The predicted octanol–water partition coefficient (Wildman–Crippen LogP) is 2.34. The summed E-state index contributed by atoms with van der Waals surface area (Å²) in [6.07, 6.45) is 2.91. The molecular formula is C16H15Cl2N9O. The van der Waals surface area contributed by atoms with Gasteiger partial charge in [0.2, 0.25) is 5.95 Å². The van der Waals surface area contributed by atoms with Crippen molar-refractivity contribution in [3.05, 3.63) is 50.6 Å². The Hall–Kier alpha value is -2.98. The topological polar surface area (TPSA) is 121 Å². The Balaban J connectivity index is 1.58. The molecule has 1 aromatic carbocycles. The Morgan fingerprint density at radius 1 is 1.25 bits per heavy atom. The quantitative estimate of drug-likeness (QED) is 0.491. The number of aromatic amines is 2. The van der Waals surface area contributed by atoms with Crippen LogP contribution in [-0.2, 0) is 13.0 Å². The molecule has 12 heteroatoms. The van der Waals surface area contributed by atoms with Crippen LogP contribution in [0.5, 0.6) is 0 Å². The molecule has 28 heavy (non-hydrogen) atoms. The SMILES string of the molecule is CN(c1ccc(Cl)c(Cl)c1)c1nc2cnn(CCCc3nn[nH]n3)c2c(=O)[nH]1. The van der Waals surface area contributed by atoms with Gasteiger partial charge in [-0.3, -0.25) is 14.5 Å². The van der Waals surface area contributed by atoms with Crippen molar-refractivity contribution in [3.8, 4) is 0 Å². The standard InChI is InChI=1S/C16H15Cl2N9O/c1-26(9-4-5-10(17)11(18)7-9)16-20-12-8-19-27(14(12)15(28)21-16)6-2-3-13-22-24-25-23-13/h4-5,7-8H,2-3,6H2,1H3,(H,20,21,28)(H,22,23,24,25). The molecule has 4 aromatic rings. The number of benzene rings is 1. The zero-order valence-corrected chi connectivity index (χ0v) is 16.2. The van der Waals surface area contributed by atoms with Crippen molar-refractivity contribution in [2.24, 2.45) is 0 Å². The normalized spacial score (nSPS) is 11.2. The number of nitrogens with one attached hydrogen (secondary N) is 2. The molecule has 0 spiro atoms. The summed E-state index contributed by atoms with van der Waals surface area (Å²) in [5.74, 6) is 0.997. The predicted molar refractivity (Wildman–Crippen MR) is 105 cm³/mol. The van der Waals surface area contributed by atoms with Gasteiger partial charge >= 0.3 is 0 Å². The van der Waals surface area contributed by atoms with Gasteiger partial charge in [-0.15, -0.1) is 10.2 Å². The lowest BCUT2D eigenvalue weighted by Crippen LogP contribution is -2.20. The average molecular weight is 420 g/mol. The molecule has 3 heterocycles. The first-order valence-electron chi connectivity index (χ1n) is 8.40. The van der Waals surface area contributed by atoms with Crippen LogP contribution in [0.15, 0.2) is 29.2 Å². The second kappa shape index (κ2) is 7.56. The molecule has 0 aliphatic heterocycles. The third-order valence-corrected chi connectivity index (χ3v) is 4.99. The summed E-state index contributed by atoms with van der Waals surface area (Å²) in [7, 11) is 1.78. The maximum Gasteiger partial charge on any atom is 0.278 e. The molecular weight excluding hydrogens is 405 g/mol. The zero-order valence-electron chi connectivity index (χ0n) is 14.7. The lowest BCUT2D eigenvalue weighted by molar-refractivity contribution is 0.585. The third-order valence-electron chi connectivity index (χ3n) is 4.25. The van der Waals surface area contributed by atoms with E-state index in [1.54, 1.807) is 41.0 Å². The molecule has 0 unspecified atom stereocenters. The molecule has 0 bridgehead atoms. The van der Waals surface area contributed by atoms with Crippen molar-refractivity contribution in [2.45, 2.75) is 19.4 Å². The number of H-pyrrole nitrogens is 2. The molecule has 0 aliphatic rings. The van der Waals surface area contributed by atoms with E-state index in [0.717, 1.165) is 5.69 Å². The van der Waals surface area contributed by atoms with Crippen molar-refractivity contribution < 1.29 is 0 Å². The molecule has 0 amide bonds. The van der Waals surface area contributed by atoms with E-state index in [-0.39, 0.29) is 5.56 Å². The van der Waals surface area contributed by atoms with Crippen LogP contribution in [0.25, 0.3) is 11.0 Å². The molecule has 0 fully saturated rings. The first-order chi connectivity index (χ1) is 13.5. The van der Waals surface area contributed by atoms with E-state index >= 15 is 0 Å². The Bertz CT molecular complexity index is 1170. The summed E-state index contributed by atoms with van der Waals surface area (Å²) in [4.78, 5) is 21.7. The highest BCUT2D eigenvalue weighted by Crippen LogP contribution is 2.29. The number of rotatable bonds is 6. The highest BCUT2D eigenvalue weighted by atomic mass is 35.5. The minimum absolute atomic E-state index is 0.274. The van der Waals surface area contributed by atoms with E-state index in [1.807, 2.05) is 0 Å². The number of nitrogens with zero attached hydrogens (tertiary/aromatic N) is 7. The van der Waals surface area contributed by atoms with E-state index < -0.39 is 0 Å². The minimum Gasteiger partial charge on any atom is -0.315 e. The fourth-order valence-corrected chi connectivity index (χ4v) is 3.11. The van der Waals surface area contributed by atoms with Gasteiger partial charge in [0.05, 0.1) is 16.2 Å². The monoisotopic (exact) mass is 419 g/mol. The lowest BCUT2D eigenvalue weighted by Gasteiger charge is -2.18. The molecule has 10 nitrogen and oxygen atoms in total. The van der Waals surface area contributed by atoms with Crippen molar-refractivity contribution in [1.29, 1.82) is 0 Å². The van der Waals surface area contributed by atoms with Crippen LogP contribution in [0, 0.1) is 0 Å². The smallest absolute Gasteiger partial charge is 0.278 e. The molecule has 3 aromatic heterocycles. The Morgan fingerprint density at radius 3 is 2.86 bits per heavy atom. The number of aryl methyl sites for hydroxylation is 2. The van der Waals surface area contributed by atoms with Gasteiger partial charge in [0.1, 0.15) is 5.52 Å². The number of anilines is 2. The van der Waals surface area contributed by atoms with E-state index in [0.29, 0.717) is 52.2 Å². The van der Waals surface area contributed by atoms with Crippen LogP contribution in [0.4, 0.5) is 11.6 Å². The summed E-state index contributed by atoms with van der Waals surface area (Å²) in [5.41, 5.74) is 1.39. The van der Waals surface area contributed by atoms with E-state index in [1.165, 1.54) is 0 Å². The molecule has 0 atom stereocenters. The number of hydrogen-bond acceptors (Lipinski definition) is 7. The van der Waals surface area contributed by atoms with Crippen molar-refractivity contribution in [1.82, 2.24) is 40.4 Å². The van der Waals surface area contributed by atoms with Gasteiger partial charge in [-0.1, -0.05) is 28.4 Å². The van der Waals surface area contributed by atoms with Gasteiger partial charge in [0.25, 0.3) is 5.56 Å². The Kier molecular flexibility index (Phi) is 4.97. The lowest BCUT2D eigenvalue weighted by atomic mass is 10.3. The van der Waals surface area contributed by atoms with Crippen molar-refractivity contribution in [2.75, 3.05) is 11.9 Å². The minimum atomic E-state index is -0.274. The summed E-state index contributed by atoms with van der Waals surface area (Å²) in [6, 6.07) is 5.18. The summed E-state index contributed by atoms with van der Waals surface area (Å²) < 4.78 is 1.63. The van der Waals surface area contributed by atoms with Crippen molar-refractivity contribution in [3.63, 3.8) is 0 Å². The highest BCUT2D eigenvalue weighted by molar-refractivity contribution is 6.42. The van der Waals surface area contributed by atoms with Gasteiger partial charge in [-0.2, -0.15) is 10.3 Å². The van der Waals surface area contributed by atoms with Crippen LogP contribution in [0.1, 0.15) is 12.2 Å². The number of tetrazole rings is 1. The first-order valence-corrected chi connectivity index (χ1v) is 9.15. The van der Waals surface area contributed by atoms with Crippen LogP contribution in [0.3, 0.4) is 0 Å². The first kappa shape index (κ1) is 18.4. The molecule has 2 N–H and O–H groups in total. The summed E-state index contributed by atoms with van der Waals surface area (Å²) >= 11 is 12.0. The molecule has 144 valence electrons. The van der Waals surface area contributed by atoms with Crippen LogP contribution in [0.2, 0.25) is 10.0 Å². The van der Waals surface area contributed by atoms with Crippen LogP contribution >= 0.6 is 23.2 Å². The molecule has 0 radical (unpaired) electrons. The molecule has 0 aliphatic carbocycles. The van der Waals surface area contributed by atoms with E-state index in [2.05, 4.69) is 35.7 Å². The van der Waals surface area contributed by atoms with Crippen LogP contribution in [-0.4, -0.2) is 47.4 Å². The number of fused-ring (bicyclic) bond motifs is 1. The third kappa shape index (κ3) is 3.56. The fraction of sp³-hybridized carbons (Fsp3) is 0.250. The van der Waals surface area contributed by atoms with E-state index in [9.17, 15) is 4.79 Å². The fourth-order valence-electron chi connectivity index (χ4n) is 2.81. The van der Waals surface area contributed by atoms with Gasteiger partial charge < -0.3 is 4.90 Å². The van der Waals surface area contributed by atoms with E-state index in [4.69, 9.17) is 23.2 Å². The summed E-state index contributed by atoms with van der Waals surface area (Å²) in [6.45, 7) is 0.533. The highest BCUT2D eigenvalue weighted by Gasteiger charge is 2.14.